The van der Waals surface area contributed by atoms with E-state index in [1.54, 1.807) is 47.5 Å². The number of nitrogens with one attached hydrogen (secondary N) is 1. The van der Waals surface area contributed by atoms with Crippen molar-refractivity contribution < 1.29 is 9.18 Å². The quantitative estimate of drug-likeness (QED) is 0.545. The molecular weight excluding hydrogens is 373 g/mol. The summed E-state index contributed by atoms with van der Waals surface area (Å²) in [7, 11) is 0. The Kier molecular flexibility index (Phi) is 5.10. The van der Waals surface area contributed by atoms with Crippen molar-refractivity contribution >= 4 is 5.91 Å². The fraction of sp³-hybridized carbons (Fsp3) is 0.150. The van der Waals surface area contributed by atoms with Crippen molar-refractivity contribution in [3.8, 4) is 16.9 Å². The Morgan fingerprint density at radius 3 is 2.66 bits per heavy atom. The molecule has 9 heteroatoms. The van der Waals surface area contributed by atoms with Gasteiger partial charge in [-0.1, -0.05) is 12.1 Å². The average molecular weight is 391 g/mol. The van der Waals surface area contributed by atoms with Gasteiger partial charge in [0.05, 0.1) is 48.3 Å². The van der Waals surface area contributed by atoms with E-state index in [0.717, 1.165) is 5.56 Å². The maximum atomic E-state index is 13.0. The van der Waals surface area contributed by atoms with E-state index in [-0.39, 0.29) is 17.8 Å². The third kappa shape index (κ3) is 4.18. The van der Waals surface area contributed by atoms with E-state index < -0.39 is 0 Å². The number of pyridine rings is 1. The SMILES string of the molecule is C[C@@H](Cn1cc(-c2ccc(F)cn2)cn1)NC(=O)c1ccccc1-n1nccn1. The monoisotopic (exact) mass is 391 g/mol. The molecule has 0 bridgehead atoms. The van der Waals surface area contributed by atoms with E-state index in [4.69, 9.17) is 0 Å². The molecule has 29 heavy (non-hydrogen) atoms. The molecule has 0 spiro atoms. The van der Waals surface area contributed by atoms with Crippen molar-refractivity contribution in [2.45, 2.75) is 19.5 Å². The molecule has 0 radical (unpaired) electrons. The number of rotatable bonds is 6. The zero-order chi connectivity index (χ0) is 20.2. The van der Waals surface area contributed by atoms with Gasteiger partial charge in [0.1, 0.15) is 5.82 Å². The van der Waals surface area contributed by atoms with Crippen LogP contribution in [0, 0.1) is 5.82 Å². The highest BCUT2D eigenvalue weighted by Crippen LogP contribution is 2.16. The molecule has 3 aromatic heterocycles. The summed E-state index contributed by atoms with van der Waals surface area (Å²) < 4.78 is 14.7. The average Bonchev–Trinajstić information content (AvgIpc) is 3.41. The van der Waals surface area contributed by atoms with Crippen LogP contribution in [0.15, 0.2) is 67.4 Å². The third-order valence-electron chi connectivity index (χ3n) is 4.28. The van der Waals surface area contributed by atoms with Gasteiger partial charge in [0, 0.05) is 17.8 Å². The Morgan fingerprint density at radius 1 is 1.10 bits per heavy atom. The van der Waals surface area contributed by atoms with E-state index in [0.29, 0.717) is 23.5 Å². The third-order valence-corrected chi connectivity index (χ3v) is 4.28. The van der Waals surface area contributed by atoms with Crippen molar-refractivity contribution in [1.82, 2.24) is 35.1 Å². The second-order valence-corrected chi connectivity index (χ2v) is 6.52. The molecule has 1 atom stereocenters. The van der Waals surface area contributed by atoms with E-state index in [2.05, 4.69) is 25.6 Å². The predicted octanol–water partition coefficient (Wildman–Crippen LogP) is 2.48. The van der Waals surface area contributed by atoms with Gasteiger partial charge in [-0.05, 0) is 31.2 Å². The second kappa shape index (κ2) is 8.01. The lowest BCUT2D eigenvalue weighted by Gasteiger charge is -2.15. The lowest BCUT2D eigenvalue weighted by atomic mass is 10.1. The summed E-state index contributed by atoms with van der Waals surface area (Å²) in [5.41, 5.74) is 2.49. The summed E-state index contributed by atoms with van der Waals surface area (Å²) in [6.45, 7) is 2.36. The topological polar surface area (TPSA) is 90.5 Å². The molecular formula is C20H18FN7O. The molecule has 146 valence electrons. The van der Waals surface area contributed by atoms with Gasteiger partial charge in [-0.25, -0.2) is 4.39 Å². The number of hydrogen-bond acceptors (Lipinski definition) is 5. The molecule has 0 aliphatic carbocycles. The smallest absolute Gasteiger partial charge is 0.253 e. The first-order valence-electron chi connectivity index (χ1n) is 9.01. The highest BCUT2D eigenvalue weighted by atomic mass is 19.1. The van der Waals surface area contributed by atoms with Crippen LogP contribution >= 0.6 is 0 Å². The second-order valence-electron chi connectivity index (χ2n) is 6.52. The van der Waals surface area contributed by atoms with Gasteiger partial charge in [0.15, 0.2) is 0 Å². The summed E-state index contributed by atoms with van der Waals surface area (Å²) in [4.78, 5) is 18.2. The molecule has 1 aromatic carbocycles. The van der Waals surface area contributed by atoms with Crippen LogP contribution in [-0.2, 0) is 6.54 Å². The van der Waals surface area contributed by atoms with Crippen molar-refractivity contribution in [3.63, 3.8) is 0 Å². The number of nitrogens with zero attached hydrogens (tertiary/aromatic N) is 6. The normalized spacial score (nSPS) is 11.9. The molecule has 3 heterocycles. The van der Waals surface area contributed by atoms with Gasteiger partial charge in [-0.2, -0.15) is 20.1 Å². The van der Waals surface area contributed by atoms with Crippen LogP contribution in [0.25, 0.3) is 16.9 Å². The molecule has 0 aliphatic rings. The molecule has 1 amide bonds. The lowest BCUT2D eigenvalue weighted by molar-refractivity contribution is 0.0935. The number of amides is 1. The minimum Gasteiger partial charge on any atom is -0.348 e. The fourth-order valence-corrected chi connectivity index (χ4v) is 2.95. The van der Waals surface area contributed by atoms with Crippen molar-refractivity contribution in [1.29, 1.82) is 0 Å². The molecule has 0 saturated carbocycles. The first-order chi connectivity index (χ1) is 14.1. The first-order valence-corrected chi connectivity index (χ1v) is 9.01. The number of halogens is 1. The van der Waals surface area contributed by atoms with Crippen LogP contribution in [0.2, 0.25) is 0 Å². The highest BCUT2D eigenvalue weighted by molar-refractivity contribution is 5.97. The van der Waals surface area contributed by atoms with Crippen LogP contribution in [-0.4, -0.2) is 41.7 Å². The van der Waals surface area contributed by atoms with Crippen LogP contribution in [0.5, 0.6) is 0 Å². The molecule has 4 rings (SSSR count). The summed E-state index contributed by atoms with van der Waals surface area (Å²) in [5, 5.41) is 15.5. The number of aromatic nitrogens is 6. The van der Waals surface area contributed by atoms with E-state index >= 15 is 0 Å². The van der Waals surface area contributed by atoms with E-state index in [1.165, 1.54) is 17.1 Å². The van der Waals surface area contributed by atoms with Crippen LogP contribution < -0.4 is 5.32 Å². The van der Waals surface area contributed by atoms with Crippen LogP contribution in [0.3, 0.4) is 0 Å². The molecule has 0 saturated heterocycles. The van der Waals surface area contributed by atoms with E-state index in [9.17, 15) is 9.18 Å². The Labute approximate surface area is 166 Å². The molecule has 0 fully saturated rings. The summed E-state index contributed by atoms with van der Waals surface area (Å²) in [5.74, 6) is -0.610. The lowest BCUT2D eigenvalue weighted by Crippen LogP contribution is -2.36. The highest BCUT2D eigenvalue weighted by Gasteiger charge is 2.16. The maximum absolute atomic E-state index is 13.0. The number of carbonyl (C=O) groups excluding carboxylic acids is 1. The van der Waals surface area contributed by atoms with Gasteiger partial charge < -0.3 is 5.32 Å². The predicted molar refractivity (Wildman–Crippen MR) is 104 cm³/mol. The molecule has 4 aromatic rings. The first kappa shape index (κ1) is 18.5. The van der Waals surface area contributed by atoms with Gasteiger partial charge >= 0.3 is 0 Å². The number of carbonyl (C=O) groups is 1. The standard InChI is InChI=1S/C20H18FN7O/c1-14(12-27-13-15(10-25-27)18-7-6-16(21)11-22-18)26-20(29)17-4-2-3-5-19(17)28-23-8-9-24-28/h2-11,13-14H,12H2,1H3,(H,26,29)/t14-/m0/s1. The van der Waals surface area contributed by atoms with Gasteiger partial charge in [-0.3, -0.25) is 14.5 Å². The van der Waals surface area contributed by atoms with Crippen LogP contribution in [0.4, 0.5) is 4.39 Å². The summed E-state index contributed by atoms with van der Waals surface area (Å²) in [6, 6.07) is 9.91. The Balaban J connectivity index is 1.44. The van der Waals surface area contributed by atoms with Gasteiger partial charge in [-0.15, -0.1) is 0 Å². The maximum Gasteiger partial charge on any atom is 0.253 e. The van der Waals surface area contributed by atoms with E-state index in [1.807, 2.05) is 19.2 Å². The number of hydrogen-bond donors (Lipinski definition) is 1. The fourth-order valence-electron chi connectivity index (χ4n) is 2.95. The van der Waals surface area contributed by atoms with Crippen LogP contribution in [0.1, 0.15) is 17.3 Å². The minimum absolute atomic E-state index is 0.185. The number of para-hydroxylation sites is 1. The molecule has 1 N–H and O–H groups in total. The zero-order valence-electron chi connectivity index (χ0n) is 15.6. The Bertz CT molecular complexity index is 1110. The molecule has 0 unspecified atom stereocenters. The molecule has 0 aliphatic heterocycles. The minimum atomic E-state index is -0.386. The van der Waals surface area contributed by atoms with Crippen molar-refractivity contribution in [2.24, 2.45) is 0 Å². The summed E-state index contributed by atoms with van der Waals surface area (Å²) in [6.07, 6.45) is 7.75. The Hall–Kier alpha value is -3.88. The zero-order valence-corrected chi connectivity index (χ0v) is 15.6. The summed E-state index contributed by atoms with van der Waals surface area (Å²) >= 11 is 0. The largest absolute Gasteiger partial charge is 0.348 e. The van der Waals surface area contributed by atoms with Crippen molar-refractivity contribution in [3.05, 3.63) is 78.8 Å². The van der Waals surface area contributed by atoms with Crippen molar-refractivity contribution in [2.75, 3.05) is 0 Å². The van der Waals surface area contributed by atoms with Gasteiger partial charge in [0.25, 0.3) is 5.91 Å². The number of benzene rings is 1. The molecule has 8 nitrogen and oxygen atoms in total. The Morgan fingerprint density at radius 2 is 1.90 bits per heavy atom. The van der Waals surface area contributed by atoms with Gasteiger partial charge in [0.2, 0.25) is 0 Å².